The van der Waals surface area contributed by atoms with Crippen molar-refractivity contribution in [3.8, 4) is 0 Å². The van der Waals surface area contributed by atoms with Crippen LogP contribution in [-0.4, -0.2) is 11.9 Å². The van der Waals surface area contributed by atoms with Crippen molar-refractivity contribution >= 4 is 16.7 Å². The van der Waals surface area contributed by atoms with Crippen LogP contribution in [0.2, 0.25) is 0 Å². The first-order valence-electron chi connectivity index (χ1n) is 6.68. The molecule has 0 aliphatic heterocycles. The van der Waals surface area contributed by atoms with Gasteiger partial charge in [0.2, 0.25) is 0 Å². The zero-order valence-electron chi connectivity index (χ0n) is 10.8. The minimum absolute atomic E-state index is 0.0694. The van der Waals surface area contributed by atoms with E-state index in [1.807, 2.05) is 0 Å². The van der Waals surface area contributed by atoms with Crippen LogP contribution in [0, 0.1) is 5.82 Å². The Hall–Kier alpha value is -2.17. The molecule has 1 fully saturated rings. The Morgan fingerprint density at radius 2 is 2.00 bits per heavy atom. The summed E-state index contributed by atoms with van der Waals surface area (Å²) in [6.45, 7) is 0. The van der Waals surface area contributed by atoms with Gasteiger partial charge in [0.15, 0.2) is 5.76 Å². The summed E-state index contributed by atoms with van der Waals surface area (Å²) in [5.41, 5.74) is -0.626. The number of halogens is 1. The lowest BCUT2D eigenvalue weighted by atomic mass is 10.1. The molecule has 1 aromatic heterocycles. The average molecular weight is 275 g/mol. The first-order chi connectivity index (χ1) is 9.63. The minimum atomic E-state index is -0.626. The maximum absolute atomic E-state index is 13.2. The number of nitrogens with one attached hydrogen (secondary N) is 1. The van der Waals surface area contributed by atoms with Gasteiger partial charge in [-0.2, -0.15) is 0 Å². The molecule has 1 amide bonds. The minimum Gasteiger partial charge on any atom is -0.417 e. The van der Waals surface area contributed by atoms with Crippen molar-refractivity contribution in [3.63, 3.8) is 0 Å². The first-order valence-corrected chi connectivity index (χ1v) is 6.68. The monoisotopic (exact) mass is 275 g/mol. The molecule has 5 heteroatoms. The highest BCUT2D eigenvalue weighted by Crippen LogP contribution is 2.19. The summed E-state index contributed by atoms with van der Waals surface area (Å²) in [4.78, 5) is 23.8. The van der Waals surface area contributed by atoms with Crippen LogP contribution in [0.3, 0.4) is 0 Å². The van der Waals surface area contributed by atoms with Gasteiger partial charge >= 0.3 is 5.63 Å². The van der Waals surface area contributed by atoms with Gasteiger partial charge in [0.25, 0.3) is 5.91 Å². The quantitative estimate of drug-likeness (QED) is 0.916. The Morgan fingerprint density at radius 1 is 1.25 bits per heavy atom. The third-order valence-electron chi connectivity index (χ3n) is 3.64. The number of fused-ring (bicyclic) bond motifs is 1. The molecule has 1 N–H and O–H groups in total. The fourth-order valence-electron chi connectivity index (χ4n) is 2.60. The Balaban J connectivity index is 1.94. The predicted molar refractivity (Wildman–Crippen MR) is 72.2 cm³/mol. The molecule has 1 aromatic carbocycles. The Morgan fingerprint density at radius 3 is 2.75 bits per heavy atom. The van der Waals surface area contributed by atoms with Crippen molar-refractivity contribution in [3.05, 3.63) is 46.3 Å². The molecule has 0 unspecified atom stereocenters. The van der Waals surface area contributed by atoms with E-state index in [2.05, 4.69) is 5.32 Å². The molecule has 0 radical (unpaired) electrons. The van der Waals surface area contributed by atoms with Crippen LogP contribution < -0.4 is 10.9 Å². The first kappa shape index (κ1) is 12.8. The molecular weight excluding hydrogens is 261 g/mol. The molecule has 0 spiro atoms. The van der Waals surface area contributed by atoms with Crippen LogP contribution in [0.1, 0.15) is 36.2 Å². The topological polar surface area (TPSA) is 59.3 Å². The second-order valence-electron chi connectivity index (χ2n) is 5.08. The Labute approximate surface area is 114 Å². The van der Waals surface area contributed by atoms with Crippen molar-refractivity contribution < 1.29 is 13.6 Å². The summed E-state index contributed by atoms with van der Waals surface area (Å²) >= 11 is 0. The number of carbonyl (C=O) groups is 1. The fourth-order valence-corrected chi connectivity index (χ4v) is 2.60. The molecular formula is C15H14FNO3. The molecule has 104 valence electrons. The Kier molecular flexibility index (Phi) is 3.26. The molecule has 2 aromatic rings. The summed E-state index contributed by atoms with van der Waals surface area (Å²) in [6, 6.07) is 5.31. The zero-order valence-corrected chi connectivity index (χ0v) is 10.8. The SMILES string of the molecule is O=C(NC1CCCC1)c1cc2cc(F)ccc2c(=O)o1. The molecule has 0 saturated heterocycles. The molecule has 1 saturated carbocycles. The maximum Gasteiger partial charge on any atom is 0.344 e. The van der Waals surface area contributed by atoms with Gasteiger partial charge in [-0.05, 0) is 42.5 Å². The third-order valence-corrected chi connectivity index (χ3v) is 3.64. The van der Waals surface area contributed by atoms with E-state index in [1.165, 1.54) is 24.3 Å². The number of carbonyl (C=O) groups excluding carboxylic acids is 1. The highest BCUT2D eigenvalue weighted by molar-refractivity contribution is 5.95. The van der Waals surface area contributed by atoms with Crippen LogP contribution in [0.25, 0.3) is 10.8 Å². The van der Waals surface area contributed by atoms with E-state index in [0.29, 0.717) is 5.39 Å². The second kappa shape index (κ2) is 5.07. The highest BCUT2D eigenvalue weighted by Gasteiger charge is 2.20. The zero-order chi connectivity index (χ0) is 14.1. The van der Waals surface area contributed by atoms with E-state index < -0.39 is 17.3 Å². The maximum atomic E-state index is 13.2. The number of hydrogen-bond acceptors (Lipinski definition) is 3. The summed E-state index contributed by atoms with van der Waals surface area (Å²) in [5, 5.41) is 3.48. The van der Waals surface area contributed by atoms with E-state index in [-0.39, 0.29) is 17.2 Å². The van der Waals surface area contributed by atoms with Crippen LogP contribution in [0.5, 0.6) is 0 Å². The normalized spacial score (nSPS) is 15.7. The molecule has 1 aliphatic carbocycles. The number of amides is 1. The summed E-state index contributed by atoms with van der Waals surface area (Å²) < 4.78 is 18.2. The van der Waals surface area contributed by atoms with E-state index in [0.717, 1.165) is 25.7 Å². The number of benzene rings is 1. The van der Waals surface area contributed by atoms with Gasteiger partial charge in [-0.25, -0.2) is 9.18 Å². The van der Waals surface area contributed by atoms with E-state index in [9.17, 15) is 14.0 Å². The van der Waals surface area contributed by atoms with Gasteiger partial charge in [-0.3, -0.25) is 4.79 Å². The highest BCUT2D eigenvalue weighted by atomic mass is 19.1. The fraction of sp³-hybridized carbons (Fsp3) is 0.333. The van der Waals surface area contributed by atoms with Gasteiger partial charge in [0.05, 0.1) is 5.39 Å². The lowest BCUT2D eigenvalue weighted by Gasteiger charge is -2.11. The molecule has 0 bridgehead atoms. The summed E-state index contributed by atoms with van der Waals surface area (Å²) in [7, 11) is 0. The molecule has 0 atom stereocenters. The van der Waals surface area contributed by atoms with Gasteiger partial charge in [-0.1, -0.05) is 12.8 Å². The summed E-state index contributed by atoms with van der Waals surface area (Å²) in [6.07, 6.45) is 4.08. The number of hydrogen-bond donors (Lipinski definition) is 1. The van der Waals surface area contributed by atoms with Crippen molar-refractivity contribution in [1.29, 1.82) is 0 Å². The summed E-state index contributed by atoms with van der Waals surface area (Å²) in [5.74, 6) is -0.939. The number of rotatable bonds is 2. The van der Waals surface area contributed by atoms with E-state index >= 15 is 0 Å². The lowest BCUT2D eigenvalue weighted by molar-refractivity contribution is 0.0906. The molecule has 1 heterocycles. The van der Waals surface area contributed by atoms with Gasteiger partial charge < -0.3 is 9.73 Å². The van der Waals surface area contributed by atoms with Crippen molar-refractivity contribution in [1.82, 2.24) is 5.32 Å². The van der Waals surface area contributed by atoms with Crippen LogP contribution in [0.15, 0.2) is 33.5 Å². The van der Waals surface area contributed by atoms with Crippen molar-refractivity contribution in [2.24, 2.45) is 0 Å². The average Bonchev–Trinajstić information content (AvgIpc) is 2.90. The smallest absolute Gasteiger partial charge is 0.344 e. The van der Waals surface area contributed by atoms with Crippen molar-refractivity contribution in [2.75, 3.05) is 0 Å². The van der Waals surface area contributed by atoms with Gasteiger partial charge in [0, 0.05) is 6.04 Å². The lowest BCUT2D eigenvalue weighted by Crippen LogP contribution is -2.33. The van der Waals surface area contributed by atoms with E-state index in [1.54, 1.807) is 0 Å². The standard InChI is InChI=1S/C15H14FNO3/c16-10-5-6-12-9(7-10)8-13(20-15(12)19)14(18)17-11-3-1-2-4-11/h5-8,11H,1-4H2,(H,17,18). The van der Waals surface area contributed by atoms with Gasteiger partial charge in [0.1, 0.15) is 5.82 Å². The van der Waals surface area contributed by atoms with Gasteiger partial charge in [-0.15, -0.1) is 0 Å². The molecule has 20 heavy (non-hydrogen) atoms. The largest absolute Gasteiger partial charge is 0.417 e. The molecule has 1 aliphatic rings. The van der Waals surface area contributed by atoms with Crippen LogP contribution in [-0.2, 0) is 0 Å². The van der Waals surface area contributed by atoms with Crippen LogP contribution >= 0.6 is 0 Å². The van der Waals surface area contributed by atoms with Crippen LogP contribution in [0.4, 0.5) is 4.39 Å². The predicted octanol–water partition coefficient (Wildman–Crippen LogP) is 2.60. The second-order valence-corrected chi connectivity index (χ2v) is 5.08. The van der Waals surface area contributed by atoms with E-state index in [4.69, 9.17) is 4.42 Å². The third kappa shape index (κ3) is 2.43. The Bertz CT molecular complexity index is 717. The molecule has 4 nitrogen and oxygen atoms in total. The van der Waals surface area contributed by atoms with Crippen molar-refractivity contribution in [2.45, 2.75) is 31.7 Å². The molecule has 3 rings (SSSR count).